The van der Waals surface area contributed by atoms with Crippen molar-refractivity contribution in [3.63, 3.8) is 0 Å². The van der Waals surface area contributed by atoms with Gasteiger partial charge in [-0.3, -0.25) is 0 Å². The zero-order valence-electron chi connectivity index (χ0n) is 11.9. The summed E-state index contributed by atoms with van der Waals surface area (Å²) in [5.74, 6) is -4.00. The summed E-state index contributed by atoms with van der Waals surface area (Å²) in [7, 11) is 0. The molecule has 0 aromatic heterocycles. The van der Waals surface area contributed by atoms with Crippen molar-refractivity contribution in [1.29, 1.82) is 0 Å². The lowest BCUT2D eigenvalue weighted by molar-refractivity contribution is -0.285. The highest BCUT2D eigenvalue weighted by Crippen LogP contribution is 2.39. The smallest absolute Gasteiger partial charge is 0.459 e. The molecular formula is C12H14F6O4. The molecule has 0 amide bonds. The molecule has 10 heteroatoms. The van der Waals surface area contributed by atoms with Crippen molar-refractivity contribution < 1.29 is 45.4 Å². The summed E-state index contributed by atoms with van der Waals surface area (Å²) in [4.78, 5) is 21.8. The summed E-state index contributed by atoms with van der Waals surface area (Å²) in [6, 6.07) is 0. The number of rotatable bonds is 5. The van der Waals surface area contributed by atoms with Crippen molar-refractivity contribution in [2.45, 2.75) is 51.2 Å². The topological polar surface area (TPSA) is 52.6 Å². The van der Waals surface area contributed by atoms with Crippen LogP contribution < -0.4 is 0 Å². The van der Waals surface area contributed by atoms with Crippen molar-refractivity contribution >= 4 is 11.9 Å². The number of carbonyl (C=O) groups excluding carboxylic acids is 2. The van der Waals surface area contributed by atoms with Crippen molar-refractivity contribution in [3.8, 4) is 0 Å². The molecule has 2 unspecified atom stereocenters. The monoisotopic (exact) mass is 336 g/mol. The van der Waals surface area contributed by atoms with Gasteiger partial charge in [0.15, 0.2) is 0 Å². The van der Waals surface area contributed by atoms with E-state index in [4.69, 9.17) is 0 Å². The second-order valence-electron chi connectivity index (χ2n) is 4.82. The molecule has 128 valence electrons. The maximum atomic E-state index is 12.9. The Morgan fingerprint density at radius 1 is 1.14 bits per heavy atom. The number of ether oxygens (including phenoxy) is 2. The number of halogens is 6. The van der Waals surface area contributed by atoms with Gasteiger partial charge in [-0.1, -0.05) is 6.58 Å². The van der Waals surface area contributed by atoms with Gasteiger partial charge in [0.05, 0.1) is 0 Å². The van der Waals surface area contributed by atoms with Crippen LogP contribution in [0.2, 0.25) is 0 Å². The van der Waals surface area contributed by atoms with Gasteiger partial charge in [-0.05, 0) is 20.8 Å². The predicted octanol–water partition coefficient (Wildman–Crippen LogP) is 3.31. The van der Waals surface area contributed by atoms with Gasteiger partial charge in [0.25, 0.3) is 0 Å². The van der Waals surface area contributed by atoms with E-state index in [0.29, 0.717) is 0 Å². The van der Waals surface area contributed by atoms with Gasteiger partial charge in [-0.2, -0.15) is 26.3 Å². The van der Waals surface area contributed by atoms with Gasteiger partial charge in [-0.15, -0.1) is 0 Å². The van der Waals surface area contributed by atoms with E-state index in [1.165, 1.54) is 6.92 Å². The quantitative estimate of drug-likeness (QED) is 0.439. The maximum absolute atomic E-state index is 12.9. The van der Waals surface area contributed by atoms with Crippen LogP contribution in [0.4, 0.5) is 26.3 Å². The van der Waals surface area contributed by atoms with Crippen LogP contribution in [0, 0.1) is 0 Å². The van der Waals surface area contributed by atoms with Gasteiger partial charge in [-0.25, -0.2) is 9.59 Å². The minimum absolute atomic E-state index is 0.104. The highest BCUT2D eigenvalue weighted by Gasteiger charge is 2.58. The van der Waals surface area contributed by atoms with Crippen molar-refractivity contribution in [1.82, 2.24) is 0 Å². The molecule has 0 rings (SSSR count). The standard InChI is InChI=1S/C12H14F6O4/c1-6(2)8(19)21-7(3)5-10(4,12(16,17)18)22-9(20)11(13,14)15/h7H,1,5H2,2-4H3. The van der Waals surface area contributed by atoms with Gasteiger partial charge in [0.2, 0.25) is 5.60 Å². The molecule has 0 spiro atoms. The van der Waals surface area contributed by atoms with Crippen LogP contribution >= 0.6 is 0 Å². The molecule has 0 bridgehead atoms. The number of carbonyl (C=O) groups is 2. The minimum Gasteiger partial charge on any atom is -0.459 e. The van der Waals surface area contributed by atoms with Crippen LogP contribution in [0.5, 0.6) is 0 Å². The van der Waals surface area contributed by atoms with E-state index < -0.39 is 42.4 Å². The summed E-state index contributed by atoms with van der Waals surface area (Å²) in [6.07, 6.45) is -13.5. The summed E-state index contributed by atoms with van der Waals surface area (Å²) in [6.45, 7) is 5.73. The molecule has 0 aliphatic rings. The Balaban J connectivity index is 5.18. The largest absolute Gasteiger partial charge is 0.490 e. The molecule has 0 aliphatic carbocycles. The number of alkyl halides is 6. The van der Waals surface area contributed by atoms with Gasteiger partial charge >= 0.3 is 24.3 Å². The van der Waals surface area contributed by atoms with Crippen LogP contribution in [0.1, 0.15) is 27.2 Å². The maximum Gasteiger partial charge on any atom is 0.490 e. The lowest BCUT2D eigenvalue weighted by atomic mass is 9.98. The molecule has 0 aliphatic heterocycles. The number of esters is 2. The second kappa shape index (κ2) is 6.57. The van der Waals surface area contributed by atoms with E-state index in [0.717, 1.165) is 6.92 Å². The molecule has 0 aromatic carbocycles. The SMILES string of the molecule is C=C(C)C(=O)OC(C)CC(C)(OC(=O)C(F)(F)F)C(F)(F)F. The number of hydrogen-bond acceptors (Lipinski definition) is 4. The normalized spacial score (nSPS) is 16.4. The average Bonchev–Trinajstić information content (AvgIpc) is 2.24. The third-order valence-corrected chi connectivity index (χ3v) is 2.48. The van der Waals surface area contributed by atoms with Gasteiger partial charge < -0.3 is 9.47 Å². The number of hydrogen-bond donors (Lipinski definition) is 0. The fraction of sp³-hybridized carbons (Fsp3) is 0.667. The summed E-state index contributed by atoms with van der Waals surface area (Å²) in [5.41, 5.74) is -3.57. The molecule has 0 N–H and O–H groups in total. The Labute approximate surface area is 122 Å². The van der Waals surface area contributed by atoms with Gasteiger partial charge in [0, 0.05) is 12.0 Å². The molecule has 0 radical (unpaired) electrons. The fourth-order valence-electron chi connectivity index (χ4n) is 1.35. The minimum atomic E-state index is -5.58. The molecule has 0 fully saturated rings. The van der Waals surface area contributed by atoms with E-state index in [9.17, 15) is 35.9 Å². The van der Waals surface area contributed by atoms with E-state index in [1.807, 2.05) is 0 Å². The van der Waals surface area contributed by atoms with Crippen LogP contribution in [-0.2, 0) is 19.1 Å². The van der Waals surface area contributed by atoms with Crippen molar-refractivity contribution in [2.24, 2.45) is 0 Å². The Morgan fingerprint density at radius 2 is 1.59 bits per heavy atom. The van der Waals surface area contributed by atoms with E-state index in [-0.39, 0.29) is 12.5 Å². The first-order valence-electron chi connectivity index (χ1n) is 5.83. The third-order valence-electron chi connectivity index (χ3n) is 2.48. The van der Waals surface area contributed by atoms with Gasteiger partial charge in [0.1, 0.15) is 6.10 Å². The lowest BCUT2D eigenvalue weighted by Gasteiger charge is -2.33. The van der Waals surface area contributed by atoms with Crippen LogP contribution in [0.25, 0.3) is 0 Å². The van der Waals surface area contributed by atoms with Crippen LogP contribution in [0.15, 0.2) is 12.2 Å². The summed E-state index contributed by atoms with van der Waals surface area (Å²) in [5, 5.41) is 0. The average molecular weight is 336 g/mol. The zero-order chi connectivity index (χ0) is 17.9. The predicted molar refractivity (Wildman–Crippen MR) is 61.6 cm³/mol. The Kier molecular flexibility index (Phi) is 6.05. The molecule has 0 aromatic rings. The van der Waals surface area contributed by atoms with Crippen molar-refractivity contribution in [3.05, 3.63) is 12.2 Å². The lowest BCUT2D eigenvalue weighted by Crippen LogP contribution is -2.50. The Bertz CT molecular complexity index is 454. The van der Waals surface area contributed by atoms with E-state index >= 15 is 0 Å². The fourth-order valence-corrected chi connectivity index (χ4v) is 1.35. The first-order valence-corrected chi connectivity index (χ1v) is 5.83. The Hall–Kier alpha value is -1.74. The van der Waals surface area contributed by atoms with Crippen molar-refractivity contribution in [2.75, 3.05) is 0 Å². The summed E-state index contributed by atoms with van der Waals surface area (Å²) >= 11 is 0. The first-order chi connectivity index (χ1) is 9.60. The highest BCUT2D eigenvalue weighted by molar-refractivity contribution is 5.87. The third kappa shape index (κ3) is 5.57. The molecule has 22 heavy (non-hydrogen) atoms. The van der Waals surface area contributed by atoms with E-state index in [2.05, 4.69) is 16.1 Å². The van der Waals surface area contributed by atoms with Crippen LogP contribution in [0.3, 0.4) is 0 Å². The summed E-state index contributed by atoms with van der Waals surface area (Å²) < 4.78 is 83.1. The molecule has 2 atom stereocenters. The zero-order valence-corrected chi connectivity index (χ0v) is 11.9. The highest BCUT2D eigenvalue weighted by atomic mass is 19.4. The molecule has 0 saturated heterocycles. The second-order valence-corrected chi connectivity index (χ2v) is 4.82. The molecular weight excluding hydrogens is 322 g/mol. The van der Waals surface area contributed by atoms with Crippen LogP contribution in [-0.4, -0.2) is 36.0 Å². The molecule has 0 saturated carbocycles. The first kappa shape index (κ1) is 20.3. The Morgan fingerprint density at radius 3 is 1.91 bits per heavy atom. The molecule has 4 nitrogen and oxygen atoms in total. The molecule has 0 heterocycles. The van der Waals surface area contributed by atoms with E-state index in [1.54, 1.807) is 0 Å².